The van der Waals surface area contributed by atoms with Crippen molar-refractivity contribution < 1.29 is 4.74 Å². The molecule has 7 heteroatoms. The van der Waals surface area contributed by atoms with Crippen LogP contribution in [0.4, 0.5) is 5.82 Å². The van der Waals surface area contributed by atoms with Crippen LogP contribution in [0, 0.1) is 0 Å². The number of rotatable bonds is 6. The van der Waals surface area contributed by atoms with Crippen molar-refractivity contribution in [3.8, 4) is 11.3 Å². The number of nitrogens with zero attached hydrogens (tertiary/aromatic N) is 3. The van der Waals surface area contributed by atoms with E-state index in [1.165, 1.54) is 0 Å². The van der Waals surface area contributed by atoms with E-state index < -0.39 is 0 Å². The molecule has 118 valence electrons. The second kappa shape index (κ2) is 7.72. The number of anilines is 1. The lowest BCUT2D eigenvalue weighted by Gasteiger charge is -2.09. The van der Waals surface area contributed by atoms with Gasteiger partial charge in [0.15, 0.2) is 11.6 Å². The van der Waals surface area contributed by atoms with Gasteiger partial charge in [-0.15, -0.1) is 10.2 Å². The first-order valence-electron chi connectivity index (χ1n) is 7.04. The van der Waals surface area contributed by atoms with Crippen LogP contribution in [0.3, 0.4) is 0 Å². The van der Waals surface area contributed by atoms with Gasteiger partial charge >= 0.3 is 0 Å². The molecule has 0 aliphatic heterocycles. The summed E-state index contributed by atoms with van der Waals surface area (Å²) in [4.78, 5) is 4.28. The molecule has 5 nitrogen and oxygen atoms in total. The smallest absolute Gasteiger partial charge is 0.154 e. The maximum Gasteiger partial charge on any atom is 0.154 e. The summed E-state index contributed by atoms with van der Waals surface area (Å²) in [6.07, 6.45) is 1.70. The van der Waals surface area contributed by atoms with Crippen molar-refractivity contribution in [3.63, 3.8) is 0 Å². The van der Waals surface area contributed by atoms with E-state index in [4.69, 9.17) is 33.7 Å². The van der Waals surface area contributed by atoms with Gasteiger partial charge in [0.05, 0.1) is 16.1 Å². The lowest BCUT2D eigenvalue weighted by molar-refractivity contribution is 0.0769. The van der Waals surface area contributed by atoms with Gasteiger partial charge in [0.2, 0.25) is 0 Å². The standard InChI is InChI=1S/C15H18Cl2N4O/c1-9(2)22-8-4-7-12-19-15(18)14(21-20-12)10-5-3-6-11(16)13(10)17/h3,5-6,9H,4,7-8H2,1-2H3,(H2,18,19,20). The number of nitrogen functional groups attached to an aromatic ring is 1. The average Bonchev–Trinajstić information content (AvgIpc) is 2.47. The molecule has 0 atom stereocenters. The topological polar surface area (TPSA) is 73.9 Å². The largest absolute Gasteiger partial charge is 0.382 e. The fourth-order valence-electron chi connectivity index (χ4n) is 1.91. The zero-order chi connectivity index (χ0) is 16.1. The van der Waals surface area contributed by atoms with E-state index in [1.54, 1.807) is 18.2 Å². The molecule has 2 aromatic rings. The molecule has 0 aliphatic rings. The molecule has 0 saturated heterocycles. The minimum Gasteiger partial charge on any atom is -0.382 e. The van der Waals surface area contributed by atoms with E-state index in [1.807, 2.05) is 13.8 Å². The normalized spacial score (nSPS) is 11.1. The molecule has 0 bridgehead atoms. The summed E-state index contributed by atoms with van der Waals surface area (Å²) in [6, 6.07) is 5.27. The lowest BCUT2D eigenvalue weighted by atomic mass is 10.1. The Balaban J connectivity index is 2.11. The van der Waals surface area contributed by atoms with Crippen LogP contribution in [0.1, 0.15) is 26.1 Å². The molecule has 0 saturated carbocycles. The number of aromatic nitrogens is 3. The summed E-state index contributed by atoms with van der Waals surface area (Å²) in [7, 11) is 0. The maximum absolute atomic E-state index is 6.17. The Hall–Kier alpha value is -1.43. The first kappa shape index (κ1) is 16.9. The number of hydrogen-bond donors (Lipinski definition) is 1. The van der Waals surface area contributed by atoms with Gasteiger partial charge < -0.3 is 10.5 Å². The predicted molar refractivity (Wildman–Crippen MR) is 89.1 cm³/mol. The van der Waals surface area contributed by atoms with Crippen molar-refractivity contribution in [2.24, 2.45) is 0 Å². The highest BCUT2D eigenvalue weighted by molar-refractivity contribution is 6.43. The quantitative estimate of drug-likeness (QED) is 0.809. The highest BCUT2D eigenvalue weighted by Gasteiger charge is 2.13. The third kappa shape index (κ3) is 4.29. The highest BCUT2D eigenvalue weighted by Crippen LogP contribution is 2.34. The number of nitrogens with two attached hydrogens (primary N) is 1. The van der Waals surface area contributed by atoms with Crippen molar-refractivity contribution >= 4 is 29.0 Å². The minimum atomic E-state index is 0.219. The number of halogens is 2. The van der Waals surface area contributed by atoms with E-state index in [0.717, 1.165) is 6.42 Å². The molecule has 1 aromatic heterocycles. The molecule has 22 heavy (non-hydrogen) atoms. The van der Waals surface area contributed by atoms with Gasteiger partial charge in [0.25, 0.3) is 0 Å². The zero-order valence-electron chi connectivity index (χ0n) is 12.5. The molecular weight excluding hydrogens is 323 g/mol. The SMILES string of the molecule is CC(C)OCCCc1nnc(-c2cccc(Cl)c2Cl)c(N)n1. The van der Waals surface area contributed by atoms with Crippen molar-refractivity contribution in [2.45, 2.75) is 32.8 Å². The number of ether oxygens (including phenoxy) is 1. The van der Waals surface area contributed by atoms with Gasteiger partial charge in [-0.05, 0) is 26.3 Å². The van der Waals surface area contributed by atoms with Crippen molar-refractivity contribution in [1.29, 1.82) is 0 Å². The first-order chi connectivity index (χ1) is 10.5. The van der Waals surface area contributed by atoms with Crippen LogP contribution in [-0.4, -0.2) is 27.9 Å². The van der Waals surface area contributed by atoms with Gasteiger partial charge in [-0.25, -0.2) is 4.98 Å². The van der Waals surface area contributed by atoms with Gasteiger partial charge in [-0.3, -0.25) is 0 Å². The first-order valence-corrected chi connectivity index (χ1v) is 7.79. The molecule has 0 fully saturated rings. The van der Waals surface area contributed by atoms with Gasteiger partial charge in [-0.1, -0.05) is 35.3 Å². The Bertz CT molecular complexity index is 649. The second-order valence-electron chi connectivity index (χ2n) is 5.09. The lowest BCUT2D eigenvalue weighted by Crippen LogP contribution is -2.08. The van der Waals surface area contributed by atoms with Gasteiger partial charge in [0.1, 0.15) is 5.69 Å². The Morgan fingerprint density at radius 1 is 1.23 bits per heavy atom. The predicted octanol–water partition coefficient (Wildman–Crippen LogP) is 3.79. The third-order valence-corrected chi connectivity index (χ3v) is 3.78. The molecular formula is C15H18Cl2N4O. The number of hydrogen-bond acceptors (Lipinski definition) is 5. The van der Waals surface area contributed by atoms with Crippen LogP contribution in [0.5, 0.6) is 0 Å². The van der Waals surface area contributed by atoms with Crippen molar-refractivity contribution in [2.75, 3.05) is 12.3 Å². The summed E-state index contributed by atoms with van der Waals surface area (Å²) in [6.45, 7) is 4.65. The molecule has 2 rings (SSSR count). The summed E-state index contributed by atoms with van der Waals surface area (Å²) < 4.78 is 5.48. The second-order valence-corrected chi connectivity index (χ2v) is 5.87. The van der Waals surface area contributed by atoms with E-state index >= 15 is 0 Å². The molecule has 0 unspecified atom stereocenters. The van der Waals surface area contributed by atoms with Crippen molar-refractivity contribution in [3.05, 3.63) is 34.1 Å². The van der Waals surface area contributed by atoms with Crippen LogP contribution in [0.25, 0.3) is 11.3 Å². The molecule has 0 aliphatic carbocycles. The molecule has 2 N–H and O–H groups in total. The van der Waals surface area contributed by atoms with Gasteiger partial charge in [-0.2, -0.15) is 0 Å². The molecule has 0 radical (unpaired) electrons. The average molecular weight is 341 g/mol. The van der Waals surface area contributed by atoms with Crippen LogP contribution < -0.4 is 5.73 Å². The van der Waals surface area contributed by atoms with Crippen LogP contribution in [0.2, 0.25) is 10.0 Å². The minimum absolute atomic E-state index is 0.219. The van der Waals surface area contributed by atoms with Crippen LogP contribution >= 0.6 is 23.2 Å². The molecule has 0 amide bonds. The molecule has 1 aromatic carbocycles. The van der Waals surface area contributed by atoms with E-state index in [-0.39, 0.29) is 6.10 Å². The summed E-state index contributed by atoms with van der Waals surface area (Å²) in [5, 5.41) is 9.08. The summed E-state index contributed by atoms with van der Waals surface area (Å²) >= 11 is 12.2. The van der Waals surface area contributed by atoms with E-state index in [2.05, 4.69) is 15.2 Å². The zero-order valence-corrected chi connectivity index (χ0v) is 14.0. The van der Waals surface area contributed by atoms with E-state index in [9.17, 15) is 0 Å². The Labute approximate surface area is 139 Å². The monoisotopic (exact) mass is 340 g/mol. The summed E-state index contributed by atoms with van der Waals surface area (Å²) in [5.74, 6) is 0.880. The Morgan fingerprint density at radius 2 is 2.00 bits per heavy atom. The maximum atomic E-state index is 6.17. The number of benzene rings is 1. The fourth-order valence-corrected chi connectivity index (χ4v) is 2.30. The summed E-state index contributed by atoms with van der Waals surface area (Å²) in [5.41, 5.74) is 7.04. The Kier molecular flexibility index (Phi) is 5.94. The number of aryl methyl sites for hydroxylation is 1. The van der Waals surface area contributed by atoms with Gasteiger partial charge in [0, 0.05) is 18.6 Å². The van der Waals surface area contributed by atoms with E-state index in [0.29, 0.717) is 46.0 Å². The Morgan fingerprint density at radius 3 is 2.68 bits per heavy atom. The fraction of sp³-hybridized carbons (Fsp3) is 0.400. The highest BCUT2D eigenvalue weighted by atomic mass is 35.5. The third-order valence-electron chi connectivity index (χ3n) is 2.96. The van der Waals surface area contributed by atoms with Crippen LogP contribution in [-0.2, 0) is 11.2 Å². The van der Waals surface area contributed by atoms with Crippen molar-refractivity contribution in [1.82, 2.24) is 15.2 Å². The molecule has 1 heterocycles. The van der Waals surface area contributed by atoms with Crippen LogP contribution in [0.15, 0.2) is 18.2 Å². The molecule has 0 spiro atoms.